The van der Waals surface area contributed by atoms with Gasteiger partial charge in [0.05, 0.1) is 5.56 Å². The number of carbonyl (C=O) groups excluding carboxylic acids is 1. The Labute approximate surface area is 96.0 Å². The Morgan fingerprint density at radius 2 is 2.12 bits per heavy atom. The third-order valence-electron chi connectivity index (χ3n) is 2.67. The zero-order valence-corrected chi connectivity index (χ0v) is 9.11. The molecule has 1 aliphatic heterocycles. The Morgan fingerprint density at radius 1 is 1.41 bits per heavy atom. The first-order valence-corrected chi connectivity index (χ1v) is 5.09. The van der Waals surface area contributed by atoms with Crippen LogP contribution in [-0.2, 0) is 19.3 Å². The van der Waals surface area contributed by atoms with Crippen molar-refractivity contribution < 1.29 is 18.0 Å². The summed E-state index contributed by atoms with van der Waals surface area (Å²) in [4.78, 5) is 11.4. The first-order chi connectivity index (χ1) is 7.93. The van der Waals surface area contributed by atoms with Gasteiger partial charge in [-0.25, -0.2) is 0 Å². The highest BCUT2D eigenvalue weighted by atomic mass is 19.4. The van der Waals surface area contributed by atoms with Crippen LogP contribution in [0.25, 0.3) is 0 Å². The molecule has 1 heterocycles. The van der Waals surface area contributed by atoms with E-state index in [1.54, 1.807) is 7.05 Å². The number of benzene rings is 1. The van der Waals surface area contributed by atoms with Crippen molar-refractivity contribution in [1.29, 1.82) is 0 Å². The molecule has 0 unspecified atom stereocenters. The van der Waals surface area contributed by atoms with Crippen LogP contribution >= 0.6 is 0 Å². The number of rotatable bonds is 2. The number of carbonyl (C=O) groups is 1. The molecule has 0 fully saturated rings. The number of halogens is 3. The monoisotopic (exact) mass is 244 g/mol. The quantitative estimate of drug-likeness (QED) is 0.830. The van der Waals surface area contributed by atoms with Crippen LogP contribution in [0.3, 0.4) is 0 Å². The predicted octanol–water partition coefficient (Wildman–Crippen LogP) is 1.67. The summed E-state index contributed by atoms with van der Waals surface area (Å²) >= 11 is 0. The summed E-state index contributed by atoms with van der Waals surface area (Å²) in [6.07, 6.45) is -4.43. The lowest BCUT2D eigenvalue weighted by Gasteiger charge is -2.13. The SMILES string of the molecule is CNCc1cc2c(c(C(F)(F)F)c1)CNC2=O. The van der Waals surface area contributed by atoms with Gasteiger partial charge in [-0.3, -0.25) is 4.79 Å². The van der Waals surface area contributed by atoms with E-state index in [4.69, 9.17) is 0 Å². The molecule has 0 saturated heterocycles. The first-order valence-electron chi connectivity index (χ1n) is 5.09. The van der Waals surface area contributed by atoms with Crippen molar-refractivity contribution >= 4 is 5.91 Å². The third kappa shape index (κ3) is 2.12. The first kappa shape index (κ1) is 11.9. The fraction of sp³-hybridized carbons (Fsp3) is 0.364. The number of hydrogen-bond donors (Lipinski definition) is 2. The molecule has 17 heavy (non-hydrogen) atoms. The fourth-order valence-corrected chi connectivity index (χ4v) is 1.95. The predicted molar refractivity (Wildman–Crippen MR) is 55.4 cm³/mol. The van der Waals surface area contributed by atoms with Gasteiger partial charge in [-0.2, -0.15) is 13.2 Å². The van der Waals surface area contributed by atoms with Crippen molar-refractivity contribution in [2.45, 2.75) is 19.3 Å². The fourth-order valence-electron chi connectivity index (χ4n) is 1.95. The lowest BCUT2D eigenvalue weighted by atomic mass is 9.99. The molecule has 2 N–H and O–H groups in total. The average Bonchev–Trinajstić information content (AvgIpc) is 2.59. The van der Waals surface area contributed by atoms with Gasteiger partial charge >= 0.3 is 6.18 Å². The van der Waals surface area contributed by atoms with Crippen molar-refractivity contribution in [1.82, 2.24) is 10.6 Å². The number of hydrogen-bond acceptors (Lipinski definition) is 2. The second-order valence-corrected chi connectivity index (χ2v) is 3.88. The van der Waals surface area contributed by atoms with Gasteiger partial charge in [-0.1, -0.05) is 0 Å². The molecule has 3 nitrogen and oxygen atoms in total. The highest BCUT2D eigenvalue weighted by Gasteiger charge is 2.37. The van der Waals surface area contributed by atoms with Crippen molar-refractivity contribution in [2.75, 3.05) is 7.05 Å². The Morgan fingerprint density at radius 3 is 2.71 bits per heavy atom. The lowest BCUT2D eigenvalue weighted by Crippen LogP contribution is -2.13. The van der Waals surface area contributed by atoms with Crippen molar-refractivity contribution in [3.8, 4) is 0 Å². The maximum atomic E-state index is 12.8. The normalized spacial score (nSPS) is 14.7. The van der Waals surface area contributed by atoms with Gasteiger partial charge in [0.25, 0.3) is 5.91 Å². The maximum absolute atomic E-state index is 12.8. The van der Waals surface area contributed by atoms with Crippen molar-refractivity contribution in [3.63, 3.8) is 0 Å². The summed E-state index contributed by atoms with van der Waals surface area (Å²) in [7, 11) is 1.64. The summed E-state index contributed by atoms with van der Waals surface area (Å²) in [6.45, 7) is 0.243. The minimum atomic E-state index is -4.43. The van der Waals surface area contributed by atoms with Gasteiger partial charge in [0.15, 0.2) is 0 Å². The van der Waals surface area contributed by atoms with Crippen molar-refractivity contribution in [2.24, 2.45) is 0 Å². The molecule has 92 valence electrons. The van der Waals surface area contributed by atoms with E-state index >= 15 is 0 Å². The van der Waals surface area contributed by atoms with Crippen LogP contribution in [0.1, 0.15) is 27.0 Å². The summed E-state index contributed by atoms with van der Waals surface area (Å²) in [5.41, 5.74) is -0.0957. The van der Waals surface area contributed by atoms with Crippen LogP contribution in [0, 0.1) is 0 Å². The number of nitrogens with one attached hydrogen (secondary N) is 2. The number of alkyl halides is 3. The van der Waals surface area contributed by atoms with Gasteiger partial charge < -0.3 is 10.6 Å². The second kappa shape index (κ2) is 4.03. The highest BCUT2D eigenvalue weighted by molar-refractivity contribution is 5.99. The van der Waals surface area contributed by atoms with Crippen LogP contribution in [0.5, 0.6) is 0 Å². The molecule has 2 rings (SSSR count). The Balaban J connectivity index is 2.58. The molecular weight excluding hydrogens is 233 g/mol. The molecule has 1 aromatic rings. The van der Waals surface area contributed by atoms with Gasteiger partial charge in [0.2, 0.25) is 0 Å². The summed E-state index contributed by atoms with van der Waals surface area (Å²) < 4.78 is 38.5. The number of fused-ring (bicyclic) bond motifs is 1. The van der Waals surface area contributed by atoms with E-state index in [9.17, 15) is 18.0 Å². The second-order valence-electron chi connectivity index (χ2n) is 3.88. The molecule has 0 radical (unpaired) electrons. The topological polar surface area (TPSA) is 41.1 Å². The molecule has 1 aliphatic rings. The minimum Gasteiger partial charge on any atom is -0.348 e. The molecule has 0 bridgehead atoms. The highest BCUT2D eigenvalue weighted by Crippen LogP contribution is 2.35. The minimum absolute atomic E-state index is 0.0438. The summed E-state index contributed by atoms with van der Waals surface area (Å²) in [5.74, 6) is -0.441. The molecular formula is C11H11F3N2O. The van der Waals surface area contributed by atoms with E-state index in [1.807, 2.05) is 0 Å². The number of amides is 1. The van der Waals surface area contributed by atoms with Crippen molar-refractivity contribution in [3.05, 3.63) is 34.4 Å². The zero-order chi connectivity index (χ0) is 12.6. The third-order valence-corrected chi connectivity index (χ3v) is 2.67. The van der Waals surface area contributed by atoms with Gasteiger partial charge in [-0.05, 0) is 30.3 Å². The molecule has 0 aromatic heterocycles. The molecule has 0 saturated carbocycles. The van der Waals surface area contributed by atoms with E-state index in [-0.39, 0.29) is 17.7 Å². The average molecular weight is 244 g/mol. The molecule has 1 aromatic carbocycles. The maximum Gasteiger partial charge on any atom is 0.416 e. The smallest absolute Gasteiger partial charge is 0.348 e. The van der Waals surface area contributed by atoms with E-state index in [0.29, 0.717) is 12.1 Å². The van der Waals surface area contributed by atoms with Crippen LogP contribution in [0.4, 0.5) is 13.2 Å². The lowest BCUT2D eigenvalue weighted by molar-refractivity contribution is -0.138. The Kier molecular flexibility index (Phi) is 2.82. The standard InChI is InChI=1S/C11H11F3N2O/c1-15-4-6-2-7-8(5-16-10(7)17)9(3-6)11(12,13)14/h2-3,15H,4-5H2,1H3,(H,16,17). The largest absolute Gasteiger partial charge is 0.416 e. The van der Waals surface area contributed by atoms with Crippen LogP contribution in [0.2, 0.25) is 0 Å². The Hall–Kier alpha value is -1.56. The van der Waals surface area contributed by atoms with E-state index in [2.05, 4.69) is 10.6 Å². The molecule has 0 aliphatic carbocycles. The van der Waals surface area contributed by atoms with E-state index in [0.717, 1.165) is 6.07 Å². The van der Waals surface area contributed by atoms with E-state index < -0.39 is 17.6 Å². The van der Waals surface area contributed by atoms with Gasteiger partial charge in [-0.15, -0.1) is 0 Å². The summed E-state index contributed by atoms with van der Waals surface area (Å²) in [6, 6.07) is 2.60. The molecule has 0 spiro atoms. The van der Waals surface area contributed by atoms with Crippen LogP contribution in [0.15, 0.2) is 12.1 Å². The van der Waals surface area contributed by atoms with E-state index in [1.165, 1.54) is 6.07 Å². The van der Waals surface area contributed by atoms with Gasteiger partial charge in [0.1, 0.15) is 0 Å². The summed E-state index contributed by atoms with van der Waals surface area (Å²) in [5, 5.41) is 5.18. The Bertz CT molecular complexity index is 469. The van der Waals surface area contributed by atoms with Crippen LogP contribution < -0.4 is 10.6 Å². The zero-order valence-electron chi connectivity index (χ0n) is 9.11. The van der Waals surface area contributed by atoms with Gasteiger partial charge in [0, 0.05) is 18.7 Å². The molecule has 1 amide bonds. The molecule has 0 atom stereocenters. The van der Waals surface area contributed by atoms with Crippen LogP contribution in [-0.4, -0.2) is 13.0 Å². The molecule has 6 heteroatoms.